The molecule has 0 amide bonds. The molecule has 0 bridgehead atoms. The molecule has 1 aliphatic rings. The van der Waals surface area contributed by atoms with Gasteiger partial charge in [0.05, 0.1) is 6.61 Å². The first-order chi connectivity index (χ1) is 7.72. The molecule has 0 radical (unpaired) electrons. The van der Waals surface area contributed by atoms with E-state index in [4.69, 9.17) is 14.3 Å². The summed E-state index contributed by atoms with van der Waals surface area (Å²) in [7, 11) is 0. The Kier molecular flexibility index (Phi) is 3.12. The van der Waals surface area contributed by atoms with E-state index in [1.807, 2.05) is 0 Å². The van der Waals surface area contributed by atoms with E-state index in [1.165, 1.54) is 0 Å². The van der Waals surface area contributed by atoms with Gasteiger partial charge in [-0.3, -0.25) is 0 Å². The normalized spacial score (nSPS) is 16.6. The minimum atomic E-state index is -1.10. The Bertz CT molecular complexity index is 379. The van der Waals surface area contributed by atoms with Crippen LogP contribution in [0.5, 0.6) is 5.95 Å². The number of carboxylic acids is 1. The average molecular weight is 225 g/mol. The minimum absolute atomic E-state index is 0.0388. The van der Waals surface area contributed by atoms with Crippen LogP contribution in [0.4, 0.5) is 0 Å². The topological polar surface area (TPSA) is 72.6 Å². The molecule has 1 aromatic rings. The number of ether oxygens (including phenoxy) is 1. The molecule has 0 aliphatic heterocycles. The van der Waals surface area contributed by atoms with Crippen molar-refractivity contribution >= 4 is 5.97 Å². The molecule has 0 spiro atoms. The molecule has 0 saturated heterocycles. The van der Waals surface area contributed by atoms with Gasteiger partial charge in [-0.05, 0) is 19.8 Å². The van der Waals surface area contributed by atoms with Crippen LogP contribution in [0, 0.1) is 0 Å². The summed E-state index contributed by atoms with van der Waals surface area (Å²) >= 11 is 0. The molecule has 88 valence electrons. The van der Waals surface area contributed by atoms with Crippen LogP contribution in [0.25, 0.3) is 0 Å². The van der Waals surface area contributed by atoms with E-state index in [0.717, 1.165) is 25.7 Å². The van der Waals surface area contributed by atoms with Crippen LogP contribution < -0.4 is 4.74 Å². The number of oxazole rings is 1. The lowest BCUT2D eigenvalue weighted by Gasteiger charge is -2.01. The van der Waals surface area contributed by atoms with Crippen LogP contribution in [0.1, 0.15) is 54.9 Å². The fourth-order valence-corrected chi connectivity index (χ4v) is 2.03. The molecule has 0 aromatic carbocycles. The summed E-state index contributed by atoms with van der Waals surface area (Å²) < 4.78 is 10.5. The van der Waals surface area contributed by atoms with Gasteiger partial charge in [0.2, 0.25) is 11.6 Å². The summed E-state index contributed by atoms with van der Waals surface area (Å²) in [5.41, 5.74) is -0.108. The van der Waals surface area contributed by atoms with Gasteiger partial charge in [-0.15, -0.1) is 0 Å². The predicted octanol–water partition coefficient (Wildman–Crippen LogP) is 2.43. The number of aromatic nitrogens is 1. The number of hydrogen-bond donors (Lipinski definition) is 1. The number of carbonyl (C=O) groups is 1. The minimum Gasteiger partial charge on any atom is -0.476 e. The zero-order valence-electron chi connectivity index (χ0n) is 9.23. The van der Waals surface area contributed by atoms with Crippen LogP contribution >= 0.6 is 0 Å². The third-order valence-electron chi connectivity index (χ3n) is 2.80. The highest BCUT2D eigenvalue weighted by Crippen LogP contribution is 2.36. The lowest BCUT2D eigenvalue weighted by Crippen LogP contribution is -2.02. The number of carboxylic acid groups (broad SMARTS) is 1. The largest absolute Gasteiger partial charge is 0.476 e. The lowest BCUT2D eigenvalue weighted by molar-refractivity contribution is 0.0683. The van der Waals surface area contributed by atoms with E-state index in [9.17, 15) is 4.79 Å². The van der Waals surface area contributed by atoms with Gasteiger partial charge in [0.25, 0.3) is 0 Å². The van der Waals surface area contributed by atoms with Crippen molar-refractivity contribution in [2.45, 2.75) is 38.5 Å². The maximum atomic E-state index is 10.9. The van der Waals surface area contributed by atoms with Crippen LogP contribution in [0.2, 0.25) is 0 Å². The summed E-state index contributed by atoms with van der Waals surface area (Å²) in [6.45, 7) is 2.16. The van der Waals surface area contributed by atoms with Gasteiger partial charge in [-0.1, -0.05) is 12.8 Å². The standard InChI is InChI=1S/C11H15NO4/c1-2-15-11-8(10(13)14)12-9(16-11)7-5-3-4-6-7/h7H,2-6H2,1H3,(H,13,14). The Hall–Kier alpha value is -1.52. The van der Waals surface area contributed by atoms with E-state index >= 15 is 0 Å². The van der Waals surface area contributed by atoms with Crippen LogP contribution in [-0.4, -0.2) is 22.7 Å². The molecule has 5 heteroatoms. The maximum absolute atomic E-state index is 10.9. The molecule has 0 atom stereocenters. The third-order valence-corrected chi connectivity index (χ3v) is 2.80. The lowest BCUT2D eigenvalue weighted by atomic mass is 10.1. The Balaban J connectivity index is 2.26. The van der Waals surface area contributed by atoms with E-state index in [2.05, 4.69) is 4.98 Å². The van der Waals surface area contributed by atoms with Gasteiger partial charge >= 0.3 is 11.9 Å². The number of hydrogen-bond acceptors (Lipinski definition) is 4. The zero-order valence-corrected chi connectivity index (χ0v) is 9.23. The predicted molar refractivity (Wildman–Crippen MR) is 55.8 cm³/mol. The molecule has 1 N–H and O–H groups in total. The summed E-state index contributed by atoms with van der Waals surface area (Å²) in [6.07, 6.45) is 4.34. The van der Waals surface area contributed by atoms with Gasteiger partial charge in [0.15, 0.2) is 0 Å². The second kappa shape index (κ2) is 4.55. The van der Waals surface area contributed by atoms with Crippen molar-refractivity contribution in [1.82, 2.24) is 4.98 Å². The van der Waals surface area contributed by atoms with Gasteiger partial charge < -0.3 is 14.3 Å². The summed E-state index contributed by atoms with van der Waals surface area (Å²) in [5, 5.41) is 8.95. The average Bonchev–Trinajstić information content (AvgIpc) is 2.83. The summed E-state index contributed by atoms with van der Waals surface area (Å²) in [6, 6.07) is 0. The van der Waals surface area contributed by atoms with Crippen molar-refractivity contribution in [3.63, 3.8) is 0 Å². The van der Waals surface area contributed by atoms with Crippen molar-refractivity contribution in [2.24, 2.45) is 0 Å². The molecule has 0 unspecified atom stereocenters. The molecule has 2 rings (SSSR count). The Morgan fingerprint density at radius 2 is 2.25 bits per heavy atom. The van der Waals surface area contributed by atoms with Crippen molar-refractivity contribution < 1.29 is 19.1 Å². The molecule has 1 saturated carbocycles. The smallest absolute Gasteiger partial charge is 0.362 e. The molecular formula is C11H15NO4. The first-order valence-corrected chi connectivity index (χ1v) is 5.59. The molecule has 1 aliphatic carbocycles. The molecule has 5 nitrogen and oxygen atoms in total. The van der Waals surface area contributed by atoms with Crippen LogP contribution in [-0.2, 0) is 0 Å². The second-order valence-corrected chi connectivity index (χ2v) is 3.91. The quantitative estimate of drug-likeness (QED) is 0.851. The number of nitrogens with zero attached hydrogens (tertiary/aromatic N) is 1. The van der Waals surface area contributed by atoms with Crippen LogP contribution in [0.3, 0.4) is 0 Å². The molecule has 1 heterocycles. The highest BCUT2D eigenvalue weighted by atomic mass is 16.6. The van der Waals surface area contributed by atoms with Gasteiger partial charge in [0.1, 0.15) is 0 Å². The van der Waals surface area contributed by atoms with E-state index < -0.39 is 5.97 Å². The second-order valence-electron chi connectivity index (χ2n) is 3.91. The number of rotatable bonds is 4. The fourth-order valence-electron chi connectivity index (χ4n) is 2.03. The van der Waals surface area contributed by atoms with Gasteiger partial charge in [-0.25, -0.2) is 9.78 Å². The van der Waals surface area contributed by atoms with E-state index in [0.29, 0.717) is 12.5 Å². The highest BCUT2D eigenvalue weighted by Gasteiger charge is 2.27. The monoisotopic (exact) mass is 225 g/mol. The Labute approximate surface area is 93.4 Å². The van der Waals surface area contributed by atoms with Crippen molar-refractivity contribution in [3.8, 4) is 5.95 Å². The zero-order chi connectivity index (χ0) is 11.5. The number of aromatic carboxylic acids is 1. The Morgan fingerprint density at radius 1 is 1.56 bits per heavy atom. The highest BCUT2D eigenvalue weighted by molar-refractivity contribution is 5.87. The van der Waals surface area contributed by atoms with Crippen molar-refractivity contribution in [3.05, 3.63) is 11.6 Å². The maximum Gasteiger partial charge on any atom is 0.362 e. The van der Waals surface area contributed by atoms with E-state index in [1.54, 1.807) is 6.92 Å². The summed E-state index contributed by atoms with van der Waals surface area (Å²) in [5.74, 6) is -0.293. The van der Waals surface area contributed by atoms with Crippen molar-refractivity contribution in [2.75, 3.05) is 6.61 Å². The molecule has 1 fully saturated rings. The summed E-state index contributed by atoms with van der Waals surface area (Å²) in [4.78, 5) is 14.9. The fraction of sp³-hybridized carbons (Fsp3) is 0.636. The molecular weight excluding hydrogens is 210 g/mol. The van der Waals surface area contributed by atoms with Crippen LogP contribution in [0.15, 0.2) is 4.42 Å². The molecule has 16 heavy (non-hydrogen) atoms. The van der Waals surface area contributed by atoms with E-state index in [-0.39, 0.29) is 17.6 Å². The Morgan fingerprint density at radius 3 is 2.81 bits per heavy atom. The SMILES string of the molecule is CCOc1oc(C2CCCC2)nc1C(=O)O. The van der Waals surface area contributed by atoms with Gasteiger partial charge in [0, 0.05) is 5.92 Å². The molecule has 1 aromatic heterocycles. The first kappa shape index (κ1) is 11.0. The van der Waals surface area contributed by atoms with Gasteiger partial charge in [-0.2, -0.15) is 0 Å². The third kappa shape index (κ3) is 2.03. The first-order valence-electron chi connectivity index (χ1n) is 5.59. The van der Waals surface area contributed by atoms with Crippen molar-refractivity contribution in [1.29, 1.82) is 0 Å².